The van der Waals surface area contributed by atoms with Crippen molar-refractivity contribution in [3.05, 3.63) is 24.3 Å². The van der Waals surface area contributed by atoms with Crippen molar-refractivity contribution in [1.29, 1.82) is 0 Å². The van der Waals surface area contributed by atoms with Crippen LogP contribution in [0.5, 0.6) is 5.75 Å². The molecule has 1 aliphatic heterocycles. The van der Waals surface area contributed by atoms with Crippen LogP contribution in [0, 0.1) is 0 Å². The highest BCUT2D eigenvalue weighted by molar-refractivity contribution is 5.47. The Labute approximate surface area is 103 Å². The molecule has 0 unspecified atom stereocenters. The van der Waals surface area contributed by atoms with Gasteiger partial charge in [-0.2, -0.15) is 0 Å². The molecule has 0 atom stereocenters. The van der Waals surface area contributed by atoms with Gasteiger partial charge in [-0.1, -0.05) is 0 Å². The Balaban J connectivity index is 1.90. The predicted octanol–water partition coefficient (Wildman–Crippen LogP) is 2.75. The van der Waals surface area contributed by atoms with E-state index in [-0.39, 0.29) is 5.75 Å². The first-order valence-electron chi connectivity index (χ1n) is 5.86. The molecule has 2 N–H and O–H groups in total. The number of benzene rings is 1. The lowest BCUT2D eigenvalue weighted by atomic mass is 10.1. The van der Waals surface area contributed by atoms with E-state index in [1.807, 2.05) is 0 Å². The van der Waals surface area contributed by atoms with Gasteiger partial charge in [-0.15, -0.1) is 13.2 Å². The van der Waals surface area contributed by atoms with Crippen molar-refractivity contribution in [3.63, 3.8) is 0 Å². The molecule has 1 aromatic carbocycles. The van der Waals surface area contributed by atoms with Gasteiger partial charge < -0.3 is 15.4 Å². The fraction of sp³-hybridized carbons (Fsp3) is 0.500. The zero-order chi connectivity index (χ0) is 13.0. The standard InChI is InChI=1S/C12H15F3N2O/c13-12(14,15)18-11-3-1-9(2-4-11)17-10-5-7-16-8-6-10/h1-4,10,16-17H,5-8H2. The van der Waals surface area contributed by atoms with E-state index in [2.05, 4.69) is 15.4 Å². The smallest absolute Gasteiger partial charge is 0.406 e. The molecule has 0 bridgehead atoms. The fourth-order valence-electron chi connectivity index (χ4n) is 1.95. The van der Waals surface area contributed by atoms with E-state index in [9.17, 15) is 13.2 Å². The number of ether oxygens (including phenoxy) is 1. The van der Waals surface area contributed by atoms with Crippen LogP contribution in [0.25, 0.3) is 0 Å². The van der Waals surface area contributed by atoms with E-state index in [0.29, 0.717) is 6.04 Å². The molecule has 2 rings (SSSR count). The van der Waals surface area contributed by atoms with Gasteiger partial charge in [-0.25, -0.2) is 0 Å². The normalized spacial score (nSPS) is 17.5. The second kappa shape index (κ2) is 5.48. The maximum Gasteiger partial charge on any atom is 0.573 e. The maximum atomic E-state index is 12.0. The Morgan fingerprint density at radius 1 is 1.11 bits per heavy atom. The summed E-state index contributed by atoms with van der Waals surface area (Å²) >= 11 is 0. The van der Waals surface area contributed by atoms with Gasteiger partial charge in [0.1, 0.15) is 5.75 Å². The van der Waals surface area contributed by atoms with Crippen LogP contribution in [-0.4, -0.2) is 25.5 Å². The quantitative estimate of drug-likeness (QED) is 0.876. The number of nitrogens with one attached hydrogen (secondary N) is 2. The molecule has 3 nitrogen and oxygen atoms in total. The fourth-order valence-corrected chi connectivity index (χ4v) is 1.95. The number of piperidine rings is 1. The second-order valence-electron chi connectivity index (χ2n) is 4.24. The van der Waals surface area contributed by atoms with Gasteiger partial charge in [-0.3, -0.25) is 0 Å². The zero-order valence-electron chi connectivity index (χ0n) is 9.76. The minimum absolute atomic E-state index is 0.196. The molecule has 0 amide bonds. The van der Waals surface area contributed by atoms with Gasteiger partial charge in [0, 0.05) is 11.7 Å². The highest BCUT2D eigenvalue weighted by Crippen LogP contribution is 2.24. The Bertz CT molecular complexity index is 372. The van der Waals surface area contributed by atoms with Crippen LogP contribution < -0.4 is 15.4 Å². The van der Waals surface area contributed by atoms with Crippen LogP contribution in [0.15, 0.2) is 24.3 Å². The molecule has 0 saturated carbocycles. The second-order valence-corrected chi connectivity index (χ2v) is 4.24. The highest BCUT2D eigenvalue weighted by atomic mass is 19.4. The molecule has 1 fully saturated rings. The molecule has 0 spiro atoms. The van der Waals surface area contributed by atoms with Crippen molar-refractivity contribution < 1.29 is 17.9 Å². The number of hydrogen-bond acceptors (Lipinski definition) is 3. The predicted molar refractivity (Wildman–Crippen MR) is 62.6 cm³/mol. The molecule has 1 saturated heterocycles. The van der Waals surface area contributed by atoms with Crippen LogP contribution in [0.3, 0.4) is 0 Å². The Morgan fingerprint density at radius 3 is 2.28 bits per heavy atom. The van der Waals surface area contributed by atoms with Crippen molar-refractivity contribution >= 4 is 5.69 Å². The minimum Gasteiger partial charge on any atom is -0.406 e. The molecule has 6 heteroatoms. The third-order valence-electron chi connectivity index (χ3n) is 2.80. The van der Waals surface area contributed by atoms with Gasteiger partial charge in [0.15, 0.2) is 0 Å². The summed E-state index contributed by atoms with van der Waals surface area (Å²) < 4.78 is 39.7. The molecule has 100 valence electrons. The molecule has 18 heavy (non-hydrogen) atoms. The lowest BCUT2D eigenvalue weighted by Crippen LogP contribution is -2.35. The molecule has 0 aromatic heterocycles. The summed E-state index contributed by atoms with van der Waals surface area (Å²) in [6.07, 6.45) is -2.61. The summed E-state index contributed by atoms with van der Waals surface area (Å²) in [7, 11) is 0. The van der Waals surface area contributed by atoms with Crippen molar-refractivity contribution in [2.45, 2.75) is 25.2 Å². The third kappa shape index (κ3) is 4.10. The van der Waals surface area contributed by atoms with E-state index < -0.39 is 6.36 Å². The SMILES string of the molecule is FC(F)(F)Oc1ccc(NC2CCNCC2)cc1. The van der Waals surface area contributed by atoms with E-state index in [1.54, 1.807) is 12.1 Å². The molecule has 0 radical (unpaired) electrons. The molecule has 1 heterocycles. The van der Waals surface area contributed by atoms with E-state index >= 15 is 0 Å². The Kier molecular flexibility index (Phi) is 3.96. The lowest BCUT2D eigenvalue weighted by molar-refractivity contribution is -0.274. The molecular weight excluding hydrogens is 245 g/mol. The lowest BCUT2D eigenvalue weighted by Gasteiger charge is -2.24. The largest absolute Gasteiger partial charge is 0.573 e. The third-order valence-corrected chi connectivity index (χ3v) is 2.80. The average Bonchev–Trinajstić information content (AvgIpc) is 2.31. The molecule has 1 aromatic rings. The first-order valence-corrected chi connectivity index (χ1v) is 5.86. The zero-order valence-corrected chi connectivity index (χ0v) is 9.76. The average molecular weight is 260 g/mol. The summed E-state index contributed by atoms with van der Waals surface area (Å²) in [5.74, 6) is -0.196. The van der Waals surface area contributed by atoms with Gasteiger partial charge in [0.05, 0.1) is 0 Å². The van der Waals surface area contributed by atoms with E-state index in [4.69, 9.17) is 0 Å². The van der Waals surface area contributed by atoms with Crippen LogP contribution >= 0.6 is 0 Å². The van der Waals surface area contributed by atoms with Gasteiger partial charge in [-0.05, 0) is 50.2 Å². The summed E-state index contributed by atoms with van der Waals surface area (Å²) in [5, 5.41) is 6.54. The minimum atomic E-state index is -4.63. The monoisotopic (exact) mass is 260 g/mol. The van der Waals surface area contributed by atoms with E-state index in [0.717, 1.165) is 31.6 Å². The van der Waals surface area contributed by atoms with Crippen molar-refractivity contribution in [2.75, 3.05) is 18.4 Å². The van der Waals surface area contributed by atoms with Crippen LogP contribution in [0.2, 0.25) is 0 Å². The summed E-state index contributed by atoms with van der Waals surface area (Å²) in [4.78, 5) is 0. The van der Waals surface area contributed by atoms with Gasteiger partial charge in [0.25, 0.3) is 0 Å². The summed E-state index contributed by atoms with van der Waals surface area (Å²) in [6.45, 7) is 1.93. The number of alkyl halides is 3. The van der Waals surface area contributed by atoms with Gasteiger partial charge in [0.2, 0.25) is 0 Å². The maximum absolute atomic E-state index is 12.0. The van der Waals surface area contributed by atoms with Crippen LogP contribution in [0.1, 0.15) is 12.8 Å². The first-order chi connectivity index (χ1) is 8.53. The first kappa shape index (κ1) is 13.0. The van der Waals surface area contributed by atoms with E-state index in [1.165, 1.54) is 12.1 Å². The molecule has 1 aliphatic rings. The van der Waals surface area contributed by atoms with Crippen molar-refractivity contribution in [1.82, 2.24) is 5.32 Å². The van der Waals surface area contributed by atoms with Gasteiger partial charge >= 0.3 is 6.36 Å². The van der Waals surface area contributed by atoms with Crippen molar-refractivity contribution in [3.8, 4) is 5.75 Å². The Morgan fingerprint density at radius 2 is 1.72 bits per heavy atom. The molecular formula is C12H15F3N2O. The molecule has 0 aliphatic carbocycles. The number of rotatable bonds is 3. The Hall–Kier alpha value is -1.43. The van der Waals surface area contributed by atoms with Crippen molar-refractivity contribution in [2.24, 2.45) is 0 Å². The van der Waals surface area contributed by atoms with Crippen LogP contribution in [0.4, 0.5) is 18.9 Å². The topological polar surface area (TPSA) is 33.3 Å². The number of hydrogen-bond donors (Lipinski definition) is 2. The summed E-state index contributed by atoms with van der Waals surface area (Å²) in [5.41, 5.74) is 0.816. The van der Waals surface area contributed by atoms with Crippen LogP contribution in [-0.2, 0) is 0 Å². The highest BCUT2D eigenvalue weighted by Gasteiger charge is 2.30. The number of anilines is 1. The number of halogens is 3. The summed E-state index contributed by atoms with van der Waals surface area (Å²) in [6, 6.07) is 6.21.